The molecule has 0 unspecified atom stereocenters. The van der Waals surface area contributed by atoms with Crippen LogP contribution in [0.2, 0.25) is 0 Å². The molecule has 0 radical (unpaired) electrons. The van der Waals surface area contributed by atoms with E-state index in [1.165, 1.54) is 19.1 Å². The number of carbonyl (C=O) groups excluding carboxylic acids is 1. The second-order valence-electron chi connectivity index (χ2n) is 5.30. The van der Waals surface area contributed by atoms with Crippen molar-refractivity contribution >= 4 is 23.4 Å². The SMILES string of the molecule is C[C@H](Sc1nccc(C(F)(F)F)n1)C(=O)Nc1ccc2c(c1)OC(F)(F)O2. The van der Waals surface area contributed by atoms with E-state index in [0.717, 1.165) is 18.3 Å². The Morgan fingerprint density at radius 3 is 2.63 bits per heavy atom. The Hall–Kier alpha value is -2.63. The van der Waals surface area contributed by atoms with Crippen molar-refractivity contribution in [3.63, 3.8) is 0 Å². The van der Waals surface area contributed by atoms with Gasteiger partial charge in [0.25, 0.3) is 0 Å². The topological polar surface area (TPSA) is 73.3 Å². The molecular formula is C15H10F5N3O3S. The lowest BCUT2D eigenvalue weighted by molar-refractivity contribution is -0.286. The Morgan fingerprint density at radius 1 is 1.22 bits per heavy atom. The molecule has 1 aromatic carbocycles. The van der Waals surface area contributed by atoms with Crippen LogP contribution in [0.3, 0.4) is 0 Å². The fourth-order valence-electron chi connectivity index (χ4n) is 2.04. The molecule has 27 heavy (non-hydrogen) atoms. The largest absolute Gasteiger partial charge is 0.586 e. The first-order valence-corrected chi connectivity index (χ1v) is 8.19. The van der Waals surface area contributed by atoms with Crippen LogP contribution in [0.25, 0.3) is 0 Å². The maximum absolute atomic E-state index is 13.0. The maximum atomic E-state index is 13.0. The predicted octanol–water partition coefficient (Wildman–Crippen LogP) is 3.94. The van der Waals surface area contributed by atoms with E-state index in [0.29, 0.717) is 11.8 Å². The molecule has 0 spiro atoms. The Bertz CT molecular complexity index is 878. The zero-order valence-corrected chi connectivity index (χ0v) is 14.2. The van der Waals surface area contributed by atoms with Gasteiger partial charge in [0.1, 0.15) is 5.69 Å². The van der Waals surface area contributed by atoms with Crippen LogP contribution in [0.4, 0.5) is 27.6 Å². The third kappa shape index (κ3) is 4.56. The molecule has 12 heteroatoms. The van der Waals surface area contributed by atoms with Crippen LogP contribution in [-0.4, -0.2) is 27.4 Å². The van der Waals surface area contributed by atoms with Crippen LogP contribution in [0.5, 0.6) is 11.5 Å². The van der Waals surface area contributed by atoms with Crippen molar-refractivity contribution in [2.75, 3.05) is 5.32 Å². The molecule has 1 N–H and O–H groups in total. The number of alkyl halides is 5. The lowest BCUT2D eigenvalue weighted by Crippen LogP contribution is -2.26. The highest BCUT2D eigenvalue weighted by atomic mass is 32.2. The first-order valence-electron chi connectivity index (χ1n) is 7.31. The van der Waals surface area contributed by atoms with Crippen molar-refractivity contribution in [2.24, 2.45) is 0 Å². The molecule has 1 amide bonds. The van der Waals surface area contributed by atoms with Gasteiger partial charge < -0.3 is 14.8 Å². The fourth-order valence-corrected chi connectivity index (χ4v) is 2.79. The number of carbonyl (C=O) groups is 1. The average Bonchev–Trinajstić information content (AvgIpc) is 2.87. The second kappa shape index (κ2) is 6.83. The summed E-state index contributed by atoms with van der Waals surface area (Å²) in [4.78, 5) is 19.3. The van der Waals surface area contributed by atoms with E-state index in [1.807, 2.05) is 0 Å². The summed E-state index contributed by atoms with van der Waals surface area (Å²) in [6.07, 6.45) is -7.46. The summed E-state index contributed by atoms with van der Waals surface area (Å²) in [5, 5.41) is 1.36. The number of ether oxygens (including phenoxy) is 2. The summed E-state index contributed by atoms with van der Waals surface area (Å²) >= 11 is 0.716. The van der Waals surface area contributed by atoms with Crippen LogP contribution < -0.4 is 14.8 Å². The molecule has 1 aliphatic heterocycles. The average molecular weight is 407 g/mol. The molecule has 2 aromatic rings. The molecule has 144 valence electrons. The number of thioether (sulfide) groups is 1. The molecule has 1 atom stereocenters. The van der Waals surface area contributed by atoms with Crippen molar-refractivity contribution in [3.05, 3.63) is 36.2 Å². The summed E-state index contributed by atoms with van der Waals surface area (Å²) in [6.45, 7) is 1.44. The number of amides is 1. The third-order valence-corrected chi connectivity index (χ3v) is 4.22. The van der Waals surface area contributed by atoms with Gasteiger partial charge in [-0.25, -0.2) is 9.97 Å². The third-order valence-electron chi connectivity index (χ3n) is 3.24. The molecule has 0 aliphatic carbocycles. The van der Waals surface area contributed by atoms with Crippen molar-refractivity contribution < 1.29 is 36.2 Å². The molecule has 6 nitrogen and oxygen atoms in total. The van der Waals surface area contributed by atoms with E-state index in [9.17, 15) is 26.7 Å². The van der Waals surface area contributed by atoms with Gasteiger partial charge in [-0.3, -0.25) is 4.79 Å². The number of fused-ring (bicyclic) bond motifs is 1. The van der Waals surface area contributed by atoms with Gasteiger partial charge in [0.05, 0.1) is 5.25 Å². The first kappa shape index (κ1) is 19.1. The maximum Gasteiger partial charge on any atom is 0.586 e. The van der Waals surface area contributed by atoms with E-state index >= 15 is 0 Å². The van der Waals surface area contributed by atoms with Crippen molar-refractivity contribution in [1.82, 2.24) is 9.97 Å². The normalized spacial score (nSPS) is 16.1. The van der Waals surface area contributed by atoms with Gasteiger partial charge in [0, 0.05) is 18.0 Å². The van der Waals surface area contributed by atoms with E-state index in [1.54, 1.807) is 0 Å². The predicted molar refractivity (Wildman–Crippen MR) is 83.6 cm³/mol. The highest BCUT2D eigenvalue weighted by Gasteiger charge is 2.43. The van der Waals surface area contributed by atoms with E-state index in [2.05, 4.69) is 24.8 Å². The lowest BCUT2D eigenvalue weighted by Gasteiger charge is -2.12. The zero-order valence-electron chi connectivity index (χ0n) is 13.4. The molecule has 1 aliphatic rings. The van der Waals surface area contributed by atoms with Gasteiger partial charge in [-0.05, 0) is 25.1 Å². The molecule has 0 fully saturated rings. The van der Waals surface area contributed by atoms with Crippen molar-refractivity contribution in [2.45, 2.75) is 29.8 Å². The number of halogens is 5. The van der Waals surface area contributed by atoms with Crippen molar-refractivity contribution in [3.8, 4) is 11.5 Å². The highest BCUT2D eigenvalue weighted by Crippen LogP contribution is 2.42. The Labute approximate surface area is 153 Å². The van der Waals surface area contributed by atoms with E-state index in [4.69, 9.17) is 0 Å². The molecule has 0 saturated heterocycles. The van der Waals surface area contributed by atoms with Gasteiger partial charge in [-0.15, -0.1) is 8.78 Å². The van der Waals surface area contributed by atoms with Crippen LogP contribution in [-0.2, 0) is 11.0 Å². The minimum Gasteiger partial charge on any atom is -0.395 e. The molecule has 3 rings (SSSR count). The summed E-state index contributed by atoms with van der Waals surface area (Å²) in [7, 11) is 0. The Kier molecular flexibility index (Phi) is 4.84. The zero-order chi connectivity index (χ0) is 19.8. The van der Waals surface area contributed by atoms with Gasteiger partial charge in [0.15, 0.2) is 16.7 Å². The van der Waals surface area contributed by atoms with Crippen LogP contribution in [0.1, 0.15) is 12.6 Å². The first-order chi connectivity index (χ1) is 12.5. The minimum atomic E-state index is -4.63. The molecule has 2 heterocycles. The van der Waals surface area contributed by atoms with Gasteiger partial charge >= 0.3 is 12.5 Å². The van der Waals surface area contributed by atoms with Crippen LogP contribution in [0.15, 0.2) is 35.6 Å². The number of nitrogens with zero attached hydrogens (tertiary/aromatic N) is 2. The number of benzene rings is 1. The number of aromatic nitrogens is 2. The summed E-state index contributed by atoms with van der Waals surface area (Å²) in [6, 6.07) is 4.38. The van der Waals surface area contributed by atoms with Gasteiger partial charge in [0.2, 0.25) is 5.91 Å². The number of anilines is 1. The highest BCUT2D eigenvalue weighted by molar-refractivity contribution is 8.00. The van der Waals surface area contributed by atoms with Crippen LogP contribution in [0, 0.1) is 0 Å². The number of nitrogens with one attached hydrogen (secondary N) is 1. The summed E-state index contributed by atoms with van der Waals surface area (Å²) < 4.78 is 72.5. The fraction of sp³-hybridized carbons (Fsp3) is 0.267. The molecule has 1 aromatic heterocycles. The summed E-state index contributed by atoms with van der Waals surface area (Å²) in [5.74, 6) is -1.02. The van der Waals surface area contributed by atoms with Crippen molar-refractivity contribution in [1.29, 1.82) is 0 Å². The molecule has 0 saturated carbocycles. The second-order valence-corrected chi connectivity index (χ2v) is 6.61. The van der Waals surface area contributed by atoms with E-state index in [-0.39, 0.29) is 22.3 Å². The quantitative estimate of drug-likeness (QED) is 0.470. The number of hydrogen-bond donors (Lipinski definition) is 1. The standard InChI is InChI=1S/C15H10F5N3O3S/c1-7(27-13-21-5-4-11(23-13)14(16,17)18)12(24)22-8-2-3-9-10(6-8)26-15(19,20)25-9/h2-7H,1H3,(H,22,24)/t7-/m0/s1. The Morgan fingerprint density at radius 2 is 1.93 bits per heavy atom. The van der Waals surface area contributed by atoms with Crippen LogP contribution >= 0.6 is 11.8 Å². The number of rotatable bonds is 4. The molecule has 0 bridgehead atoms. The van der Waals surface area contributed by atoms with Gasteiger partial charge in [-0.1, -0.05) is 11.8 Å². The minimum absolute atomic E-state index is 0.150. The summed E-state index contributed by atoms with van der Waals surface area (Å²) in [5.41, 5.74) is -0.971. The smallest absolute Gasteiger partial charge is 0.395 e. The molecular weight excluding hydrogens is 397 g/mol. The Balaban J connectivity index is 1.65. The lowest BCUT2D eigenvalue weighted by atomic mass is 10.2. The van der Waals surface area contributed by atoms with E-state index < -0.39 is 29.3 Å². The van der Waals surface area contributed by atoms with Gasteiger partial charge in [-0.2, -0.15) is 13.2 Å². The monoisotopic (exact) mass is 407 g/mol. The number of hydrogen-bond acceptors (Lipinski definition) is 6.